The third kappa shape index (κ3) is 4.60. The molecule has 9 heteroatoms. The second-order valence-corrected chi connectivity index (χ2v) is 8.06. The van der Waals surface area contributed by atoms with Crippen molar-refractivity contribution in [1.82, 2.24) is 19.7 Å². The fourth-order valence-electron chi connectivity index (χ4n) is 2.69. The number of thioether (sulfide) groups is 1. The van der Waals surface area contributed by atoms with Gasteiger partial charge in [-0.3, -0.25) is 9.69 Å². The van der Waals surface area contributed by atoms with Gasteiger partial charge in [-0.1, -0.05) is 23.9 Å². The van der Waals surface area contributed by atoms with Crippen molar-refractivity contribution in [3.05, 3.63) is 46.7 Å². The number of aryl methyl sites for hydroxylation is 1. The summed E-state index contributed by atoms with van der Waals surface area (Å²) in [6, 6.07) is 5.96. The third-order valence-corrected chi connectivity index (χ3v) is 6.22. The minimum Gasteiger partial charge on any atom is -0.383 e. The summed E-state index contributed by atoms with van der Waals surface area (Å²) < 4.78 is 7.07. The van der Waals surface area contributed by atoms with Crippen LogP contribution in [0.25, 0.3) is 0 Å². The Morgan fingerprint density at radius 1 is 1.36 bits per heavy atom. The van der Waals surface area contributed by atoms with E-state index in [-0.39, 0.29) is 5.91 Å². The second kappa shape index (κ2) is 9.31. The first kappa shape index (κ1) is 20.5. The Bertz CT molecular complexity index is 953. The van der Waals surface area contributed by atoms with E-state index in [0.717, 1.165) is 27.7 Å². The molecule has 0 aliphatic rings. The molecule has 0 aliphatic carbocycles. The number of hydrogen-bond acceptors (Lipinski definition) is 7. The van der Waals surface area contributed by atoms with Crippen molar-refractivity contribution >= 4 is 39.8 Å². The van der Waals surface area contributed by atoms with E-state index in [2.05, 4.69) is 10.2 Å². The van der Waals surface area contributed by atoms with Gasteiger partial charge in [0.15, 0.2) is 10.3 Å². The first-order valence-electron chi connectivity index (χ1n) is 8.82. The highest BCUT2D eigenvalue weighted by atomic mass is 32.2. The molecule has 0 fully saturated rings. The molecular weight excluding hydrogens is 394 g/mol. The highest BCUT2D eigenvalue weighted by molar-refractivity contribution is 7.98. The largest absolute Gasteiger partial charge is 0.383 e. The molecule has 1 aromatic carbocycles. The molecule has 3 aromatic rings. The van der Waals surface area contributed by atoms with Crippen molar-refractivity contribution in [2.45, 2.75) is 38.2 Å². The highest BCUT2D eigenvalue weighted by Crippen LogP contribution is 2.33. The molecule has 28 heavy (non-hydrogen) atoms. The number of hydrogen-bond donors (Lipinski definition) is 0. The van der Waals surface area contributed by atoms with Crippen molar-refractivity contribution in [2.75, 3.05) is 18.6 Å². The molecule has 0 saturated carbocycles. The van der Waals surface area contributed by atoms with Gasteiger partial charge in [0.1, 0.15) is 6.33 Å². The van der Waals surface area contributed by atoms with Gasteiger partial charge in [0.05, 0.1) is 18.0 Å². The third-order valence-electron chi connectivity index (χ3n) is 4.33. The zero-order valence-electron chi connectivity index (χ0n) is 16.4. The van der Waals surface area contributed by atoms with Gasteiger partial charge in [0.2, 0.25) is 5.91 Å². The quantitative estimate of drug-likeness (QED) is 0.516. The molecule has 0 N–H and O–H groups in total. The molecule has 7 nitrogen and oxygen atoms in total. The summed E-state index contributed by atoms with van der Waals surface area (Å²) in [5.41, 5.74) is 4.00. The predicted octanol–water partition coefficient (Wildman–Crippen LogP) is 3.97. The summed E-state index contributed by atoms with van der Waals surface area (Å²) in [6.45, 7) is 6.95. The Hall–Kier alpha value is -2.23. The Kier molecular flexibility index (Phi) is 6.82. The second-order valence-electron chi connectivity index (χ2n) is 6.28. The molecule has 2 aromatic heterocycles. The Labute approximate surface area is 172 Å². The topological polar surface area (TPSA) is 73.1 Å². The molecule has 0 saturated heterocycles. The molecular formula is C19H23N5O2S2. The van der Waals surface area contributed by atoms with E-state index in [9.17, 15) is 4.79 Å². The monoisotopic (exact) mass is 417 g/mol. The van der Waals surface area contributed by atoms with Gasteiger partial charge in [-0.15, -0.1) is 21.5 Å². The van der Waals surface area contributed by atoms with E-state index < -0.39 is 0 Å². The highest BCUT2D eigenvalue weighted by Gasteiger charge is 2.20. The van der Waals surface area contributed by atoms with E-state index in [1.807, 2.05) is 42.0 Å². The van der Waals surface area contributed by atoms with Crippen molar-refractivity contribution in [1.29, 1.82) is 0 Å². The first-order chi connectivity index (χ1) is 13.5. The molecule has 0 aliphatic heterocycles. The van der Waals surface area contributed by atoms with Gasteiger partial charge in [0.25, 0.3) is 0 Å². The van der Waals surface area contributed by atoms with Crippen molar-refractivity contribution in [3.8, 4) is 0 Å². The average molecular weight is 418 g/mol. The van der Waals surface area contributed by atoms with Crippen LogP contribution in [0.2, 0.25) is 0 Å². The summed E-state index contributed by atoms with van der Waals surface area (Å²) >= 11 is 3.04. The molecule has 0 bridgehead atoms. The first-order valence-corrected chi connectivity index (χ1v) is 10.7. The zero-order chi connectivity index (χ0) is 20.1. The molecule has 0 unspecified atom stereocenters. The fraction of sp³-hybridized carbons (Fsp3) is 0.368. The lowest BCUT2D eigenvalue weighted by Gasteiger charge is -2.21. The van der Waals surface area contributed by atoms with E-state index in [1.54, 1.807) is 37.0 Å². The van der Waals surface area contributed by atoms with E-state index in [0.29, 0.717) is 24.0 Å². The van der Waals surface area contributed by atoms with Crippen LogP contribution in [0.5, 0.6) is 0 Å². The van der Waals surface area contributed by atoms with Crippen LogP contribution >= 0.6 is 23.1 Å². The lowest BCUT2D eigenvalue weighted by Crippen LogP contribution is -2.23. The number of nitrogens with zero attached hydrogens (tertiary/aromatic N) is 5. The van der Waals surface area contributed by atoms with Crippen LogP contribution in [0.15, 0.2) is 35.1 Å². The molecule has 3 rings (SSSR count). The van der Waals surface area contributed by atoms with Crippen LogP contribution in [-0.2, 0) is 21.8 Å². The molecule has 0 spiro atoms. The van der Waals surface area contributed by atoms with E-state index in [4.69, 9.17) is 9.72 Å². The number of thiazole rings is 1. The minimum atomic E-state index is -0.0541. The van der Waals surface area contributed by atoms with Crippen molar-refractivity contribution in [2.24, 2.45) is 0 Å². The van der Waals surface area contributed by atoms with Crippen LogP contribution in [-0.4, -0.2) is 39.4 Å². The number of anilines is 2. The number of carbonyl (C=O) groups is 1. The standard InChI is InChI=1S/C19H23N5O2S2/c1-13-6-5-7-17(14(13)2)24(15(3)25)18-21-16(10-27-18)11-28-19-22-20-12-23(19)8-9-26-4/h5-7,10,12H,8-9,11H2,1-4H3. The predicted molar refractivity (Wildman–Crippen MR) is 112 cm³/mol. The van der Waals surface area contributed by atoms with Crippen LogP contribution in [0.4, 0.5) is 10.8 Å². The minimum absolute atomic E-state index is 0.0541. The average Bonchev–Trinajstić information content (AvgIpc) is 3.31. The smallest absolute Gasteiger partial charge is 0.230 e. The van der Waals surface area contributed by atoms with Gasteiger partial charge in [-0.25, -0.2) is 4.98 Å². The lowest BCUT2D eigenvalue weighted by atomic mass is 10.1. The Balaban J connectivity index is 1.76. The maximum Gasteiger partial charge on any atom is 0.230 e. The Morgan fingerprint density at radius 3 is 2.93 bits per heavy atom. The molecule has 0 atom stereocenters. The summed E-state index contributed by atoms with van der Waals surface area (Å²) in [4.78, 5) is 18.7. The van der Waals surface area contributed by atoms with Crippen LogP contribution in [0, 0.1) is 13.8 Å². The van der Waals surface area contributed by atoms with Gasteiger partial charge >= 0.3 is 0 Å². The number of rotatable bonds is 8. The molecule has 1 amide bonds. The van der Waals surface area contributed by atoms with Crippen LogP contribution < -0.4 is 4.90 Å². The van der Waals surface area contributed by atoms with Crippen molar-refractivity contribution in [3.63, 3.8) is 0 Å². The number of aromatic nitrogens is 4. The summed E-state index contributed by atoms with van der Waals surface area (Å²) in [7, 11) is 1.67. The van der Waals surface area contributed by atoms with Crippen molar-refractivity contribution < 1.29 is 9.53 Å². The van der Waals surface area contributed by atoms with E-state index >= 15 is 0 Å². The number of amides is 1. The van der Waals surface area contributed by atoms with Gasteiger partial charge in [0, 0.05) is 31.7 Å². The number of ether oxygens (including phenoxy) is 1. The SMILES string of the molecule is COCCn1cnnc1SCc1csc(N(C(C)=O)c2cccc(C)c2C)n1. The molecule has 2 heterocycles. The maximum absolute atomic E-state index is 12.4. The maximum atomic E-state index is 12.4. The summed E-state index contributed by atoms with van der Waals surface area (Å²) in [5.74, 6) is 0.599. The van der Waals surface area contributed by atoms with Crippen LogP contribution in [0.3, 0.4) is 0 Å². The number of methoxy groups -OCH3 is 1. The van der Waals surface area contributed by atoms with Gasteiger partial charge in [-0.2, -0.15) is 0 Å². The summed E-state index contributed by atoms with van der Waals surface area (Å²) in [5, 5.41) is 11.6. The molecule has 148 valence electrons. The van der Waals surface area contributed by atoms with E-state index in [1.165, 1.54) is 11.3 Å². The molecule has 0 radical (unpaired) electrons. The number of benzene rings is 1. The summed E-state index contributed by atoms with van der Waals surface area (Å²) in [6.07, 6.45) is 1.70. The van der Waals surface area contributed by atoms with Gasteiger partial charge in [-0.05, 0) is 31.0 Å². The van der Waals surface area contributed by atoms with Crippen LogP contribution in [0.1, 0.15) is 23.7 Å². The number of carbonyl (C=O) groups excluding carboxylic acids is 1. The fourth-order valence-corrected chi connectivity index (χ4v) is 4.51. The lowest BCUT2D eigenvalue weighted by molar-refractivity contribution is -0.115. The van der Waals surface area contributed by atoms with Gasteiger partial charge < -0.3 is 9.30 Å². The zero-order valence-corrected chi connectivity index (χ0v) is 18.0. The normalized spacial score (nSPS) is 11.0. The Morgan fingerprint density at radius 2 is 2.18 bits per heavy atom.